The molecule has 3 heteroatoms. The summed E-state index contributed by atoms with van der Waals surface area (Å²) in [6, 6.07) is 0. The van der Waals surface area contributed by atoms with Gasteiger partial charge in [-0.3, -0.25) is 0 Å². The van der Waals surface area contributed by atoms with E-state index in [2.05, 4.69) is 36.2 Å². The zero-order valence-corrected chi connectivity index (χ0v) is 6.62. The van der Waals surface area contributed by atoms with Gasteiger partial charge in [-0.25, -0.2) is 0 Å². The highest BCUT2D eigenvalue weighted by Gasteiger charge is 2.16. The lowest BCUT2D eigenvalue weighted by Gasteiger charge is -2.26. The van der Waals surface area contributed by atoms with Gasteiger partial charge < -0.3 is 15.5 Å². The number of rotatable bonds is 2. The lowest BCUT2D eigenvalue weighted by molar-refractivity contribution is 0.199. The van der Waals surface area contributed by atoms with Gasteiger partial charge >= 0.3 is 0 Å². The van der Waals surface area contributed by atoms with Gasteiger partial charge in [-0.1, -0.05) is 0 Å². The van der Waals surface area contributed by atoms with Crippen LogP contribution in [0.3, 0.4) is 0 Å². The van der Waals surface area contributed by atoms with Gasteiger partial charge in [0.2, 0.25) is 0 Å². The molecule has 1 heterocycles. The molecule has 1 aliphatic rings. The minimum absolute atomic E-state index is 0.476. The Morgan fingerprint density at radius 3 is 2.60 bits per heavy atom. The van der Waals surface area contributed by atoms with E-state index >= 15 is 0 Å². The minimum atomic E-state index is 0.476. The fourth-order valence-electron chi connectivity index (χ4n) is 1.08. The predicted molar refractivity (Wildman–Crippen MR) is 42.1 cm³/mol. The van der Waals surface area contributed by atoms with Crippen molar-refractivity contribution in [1.82, 2.24) is 9.80 Å². The molecule has 0 saturated heterocycles. The van der Waals surface area contributed by atoms with Crippen LogP contribution < -0.4 is 5.73 Å². The highest BCUT2D eigenvalue weighted by molar-refractivity contribution is 4.93. The van der Waals surface area contributed by atoms with E-state index in [0.29, 0.717) is 6.17 Å². The average Bonchev–Trinajstić information content (AvgIpc) is 2.20. The van der Waals surface area contributed by atoms with Crippen LogP contribution in [0.1, 0.15) is 6.92 Å². The maximum Gasteiger partial charge on any atom is 0.0975 e. The largest absolute Gasteiger partial charge is 0.359 e. The van der Waals surface area contributed by atoms with Gasteiger partial charge in [-0.15, -0.1) is 0 Å². The maximum atomic E-state index is 5.42. The molecule has 58 valence electrons. The van der Waals surface area contributed by atoms with E-state index in [9.17, 15) is 0 Å². The Kier molecular flexibility index (Phi) is 2.17. The Balaban J connectivity index is 2.41. The van der Waals surface area contributed by atoms with Crippen molar-refractivity contribution >= 4 is 0 Å². The van der Waals surface area contributed by atoms with E-state index < -0.39 is 0 Å². The van der Waals surface area contributed by atoms with Crippen molar-refractivity contribution in [1.29, 1.82) is 0 Å². The van der Waals surface area contributed by atoms with Crippen molar-refractivity contribution < 1.29 is 0 Å². The molecular formula is C7H15N3. The quantitative estimate of drug-likeness (QED) is 0.588. The van der Waals surface area contributed by atoms with E-state index in [0.717, 1.165) is 13.1 Å². The molecule has 0 aromatic carbocycles. The van der Waals surface area contributed by atoms with E-state index in [-0.39, 0.29) is 0 Å². The summed E-state index contributed by atoms with van der Waals surface area (Å²) in [5, 5.41) is 0. The van der Waals surface area contributed by atoms with Gasteiger partial charge in [0.25, 0.3) is 0 Å². The second kappa shape index (κ2) is 2.92. The van der Waals surface area contributed by atoms with Gasteiger partial charge in [-0.2, -0.15) is 0 Å². The van der Waals surface area contributed by atoms with E-state index in [1.54, 1.807) is 0 Å². The molecule has 0 aliphatic carbocycles. The Hall–Kier alpha value is -0.700. The summed E-state index contributed by atoms with van der Waals surface area (Å²) in [5.41, 5.74) is 5.42. The molecule has 10 heavy (non-hydrogen) atoms. The zero-order valence-electron chi connectivity index (χ0n) is 6.62. The first-order valence-electron chi connectivity index (χ1n) is 3.62. The van der Waals surface area contributed by atoms with Gasteiger partial charge in [0, 0.05) is 32.5 Å². The first-order valence-corrected chi connectivity index (χ1v) is 3.62. The molecule has 0 spiro atoms. The lowest BCUT2D eigenvalue weighted by Crippen LogP contribution is -2.36. The highest BCUT2D eigenvalue weighted by Crippen LogP contribution is 2.11. The normalized spacial score (nSPS) is 24.5. The molecule has 0 bridgehead atoms. The molecule has 0 amide bonds. The third-order valence-electron chi connectivity index (χ3n) is 1.95. The number of nitrogens with two attached hydrogens (primary N) is 1. The fraction of sp³-hybridized carbons (Fsp3) is 0.714. The van der Waals surface area contributed by atoms with Crippen molar-refractivity contribution in [3.8, 4) is 0 Å². The van der Waals surface area contributed by atoms with Crippen molar-refractivity contribution in [2.45, 2.75) is 13.1 Å². The van der Waals surface area contributed by atoms with Crippen molar-refractivity contribution in [3.63, 3.8) is 0 Å². The van der Waals surface area contributed by atoms with Gasteiger partial charge in [0.1, 0.15) is 0 Å². The third-order valence-corrected chi connectivity index (χ3v) is 1.95. The standard InChI is InChI=1S/C7H15N3/c1-7-9(2)5-6-10(7)4-3-8/h5-7H,3-4,8H2,1-2H3. The summed E-state index contributed by atoms with van der Waals surface area (Å²) in [7, 11) is 2.07. The average molecular weight is 141 g/mol. The zero-order chi connectivity index (χ0) is 7.56. The summed E-state index contributed by atoms with van der Waals surface area (Å²) >= 11 is 0. The SMILES string of the molecule is CC1N(C)C=CN1CCN. The van der Waals surface area contributed by atoms with Gasteiger partial charge in [-0.05, 0) is 6.92 Å². The van der Waals surface area contributed by atoms with Crippen molar-refractivity contribution in [2.24, 2.45) is 5.73 Å². The van der Waals surface area contributed by atoms with Crippen LogP contribution in [0, 0.1) is 0 Å². The molecule has 0 aromatic heterocycles. The molecule has 0 fully saturated rings. The molecule has 0 aromatic rings. The van der Waals surface area contributed by atoms with Crippen LogP contribution >= 0.6 is 0 Å². The molecule has 3 nitrogen and oxygen atoms in total. The predicted octanol–water partition coefficient (Wildman–Crippen LogP) is 0.00970. The fourth-order valence-corrected chi connectivity index (χ4v) is 1.08. The smallest absolute Gasteiger partial charge is 0.0975 e. The van der Waals surface area contributed by atoms with Gasteiger partial charge in [0.15, 0.2) is 0 Å². The molecular weight excluding hydrogens is 126 g/mol. The third kappa shape index (κ3) is 1.24. The summed E-state index contributed by atoms with van der Waals surface area (Å²) in [6.07, 6.45) is 4.63. The molecule has 1 aliphatic heterocycles. The van der Waals surface area contributed by atoms with Crippen LogP contribution in [0.2, 0.25) is 0 Å². The Morgan fingerprint density at radius 1 is 1.50 bits per heavy atom. The van der Waals surface area contributed by atoms with E-state index in [4.69, 9.17) is 5.73 Å². The summed E-state index contributed by atoms with van der Waals surface area (Å²) in [6.45, 7) is 3.83. The second-order valence-corrected chi connectivity index (χ2v) is 2.62. The Morgan fingerprint density at radius 2 is 2.20 bits per heavy atom. The minimum Gasteiger partial charge on any atom is -0.359 e. The number of nitrogens with zero attached hydrogens (tertiary/aromatic N) is 2. The molecule has 1 atom stereocenters. The second-order valence-electron chi connectivity index (χ2n) is 2.62. The van der Waals surface area contributed by atoms with Crippen LogP contribution in [0.5, 0.6) is 0 Å². The summed E-state index contributed by atoms with van der Waals surface area (Å²) in [4.78, 5) is 4.38. The monoisotopic (exact) mass is 141 g/mol. The van der Waals surface area contributed by atoms with Crippen LogP contribution in [0.15, 0.2) is 12.4 Å². The van der Waals surface area contributed by atoms with Crippen LogP contribution in [-0.2, 0) is 0 Å². The van der Waals surface area contributed by atoms with E-state index in [1.807, 2.05) is 0 Å². The van der Waals surface area contributed by atoms with E-state index in [1.165, 1.54) is 0 Å². The molecule has 1 unspecified atom stereocenters. The first kappa shape index (κ1) is 7.41. The highest BCUT2D eigenvalue weighted by atomic mass is 15.4. The van der Waals surface area contributed by atoms with Crippen molar-refractivity contribution in [2.75, 3.05) is 20.1 Å². The van der Waals surface area contributed by atoms with Gasteiger partial charge in [0.05, 0.1) is 6.17 Å². The first-order chi connectivity index (χ1) is 4.75. The molecule has 2 N–H and O–H groups in total. The van der Waals surface area contributed by atoms with Crippen LogP contribution in [-0.4, -0.2) is 36.1 Å². The maximum absolute atomic E-state index is 5.42. The van der Waals surface area contributed by atoms with Crippen LogP contribution in [0.4, 0.5) is 0 Å². The Bertz CT molecular complexity index is 133. The lowest BCUT2D eigenvalue weighted by atomic mass is 10.4. The molecule has 0 saturated carbocycles. The van der Waals surface area contributed by atoms with Crippen molar-refractivity contribution in [3.05, 3.63) is 12.4 Å². The topological polar surface area (TPSA) is 32.5 Å². The number of hydrogen-bond acceptors (Lipinski definition) is 3. The summed E-state index contributed by atoms with van der Waals surface area (Å²) < 4.78 is 0. The molecule has 0 radical (unpaired) electrons. The molecule has 1 rings (SSSR count). The van der Waals surface area contributed by atoms with Crippen LogP contribution in [0.25, 0.3) is 0 Å². The summed E-state index contributed by atoms with van der Waals surface area (Å²) in [5.74, 6) is 0. The number of hydrogen-bond donors (Lipinski definition) is 1. The Labute approximate surface area is 62.1 Å².